The third-order valence-corrected chi connectivity index (χ3v) is 6.05. The van der Waals surface area contributed by atoms with Crippen LogP contribution in [0.15, 0.2) is 22.7 Å². The number of nitrogens with two attached hydrogens (primary N) is 1. The van der Waals surface area contributed by atoms with Crippen LogP contribution in [0.5, 0.6) is 0 Å². The van der Waals surface area contributed by atoms with Gasteiger partial charge in [-0.05, 0) is 67.8 Å². The van der Waals surface area contributed by atoms with Crippen molar-refractivity contribution >= 4 is 15.9 Å². The van der Waals surface area contributed by atoms with E-state index in [2.05, 4.69) is 46.0 Å². The van der Waals surface area contributed by atoms with Crippen LogP contribution in [0.25, 0.3) is 0 Å². The van der Waals surface area contributed by atoms with Crippen LogP contribution in [0, 0.1) is 5.92 Å². The minimum absolute atomic E-state index is 0.602. The Kier molecular flexibility index (Phi) is 5.03. The van der Waals surface area contributed by atoms with Crippen molar-refractivity contribution in [3.8, 4) is 0 Å². The van der Waals surface area contributed by atoms with E-state index in [9.17, 15) is 0 Å². The minimum atomic E-state index is 0.602. The summed E-state index contributed by atoms with van der Waals surface area (Å²) in [6.07, 6.45) is 7.68. The van der Waals surface area contributed by atoms with Crippen molar-refractivity contribution in [1.29, 1.82) is 0 Å². The first-order valence-corrected chi connectivity index (χ1v) is 9.23. The third-order valence-electron chi connectivity index (χ3n) is 5.56. The van der Waals surface area contributed by atoms with Crippen LogP contribution in [-0.2, 0) is 12.8 Å². The Morgan fingerprint density at radius 1 is 1.29 bits per heavy atom. The van der Waals surface area contributed by atoms with E-state index in [0.29, 0.717) is 12.1 Å². The Labute approximate surface area is 137 Å². The molecule has 2 N–H and O–H groups in total. The molecule has 0 amide bonds. The Bertz CT molecular complexity index is 488. The summed E-state index contributed by atoms with van der Waals surface area (Å²) in [4.78, 5) is 2.73. The van der Waals surface area contributed by atoms with Crippen LogP contribution < -0.4 is 5.73 Å². The highest BCUT2D eigenvalue weighted by Crippen LogP contribution is 2.32. The fourth-order valence-corrected chi connectivity index (χ4v) is 4.63. The number of rotatable bonds is 3. The van der Waals surface area contributed by atoms with E-state index in [1.54, 1.807) is 5.56 Å². The van der Waals surface area contributed by atoms with Crippen LogP contribution in [0.3, 0.4) is 0 Å². The molecule has 0 aromatic heterocycles. The largest absolute Gasteiger partial charge is 0.329 e. The number of hydrogen-bond acceptors (Lipinski definition) is 2. The first-order valence-electron chi connectivity index (χ1n) is 8.44. The molecule has 1 aliphatic carbocycles. The normalized spacial score (nSPS) is 30.1. The fraction of sp³-hybridized carbons (Fsp3) is 0.667. The molecule has 3 unspecified atom stereocenters. The number of fused-ring (bicyclic) bond motifs is 1. The smallest absolute Gasteiger partial charge is 0.0224 e. The molecule has 0 saturated carbocycles. The van der Waals surface area contributed by atoms with Gasteiger partial charge in [0.1, 0.15) is 0 Å². The number of aryl methyl sites for hydroxylation is 1. The fourth-order valence-electron chi connectivity index (χ4n) is 4.22. The highest BCUT2D eigenvalue weighted by molar-refractivity contribution is 9.10. The van der Waals surface area contributed by atoms with Crippen molar-refractivity contribution in [2.45, 2.75) is 57.5 Å². The second-order valence-corrected chi connectivity index (χ2v) is 7.65. The summed E-state index contributed by atoms with van der Waals surface area (Å²) in [6.45, 7) is 4.39. The number of benzene rings is 1. The van der Waals surface area contributed by atoms with E-state index in [1.807, 2.05) is 0 Å². The summed E-state index contributed by atoms with van der Waals surface area (Å²) >= 11 is 3.59. The summed E-state index contributed by atoms with van der Waals surface area (Å²) < 4.78 is 1.21. The molecular weight excluding hydrogens is 324 g/mol. The average molecular weight is 351 g/mol. The number of piperidine rings is 1. The maximum Gasteiger partial charge on any atom is 0.0224 e. The molecule has 2 nitrogen and oxygen atoms in total. The van der Waals surface area contributed by atoms with Gasteiger partial charge in [0.2, 0.25) is 0 Å². The van der Waals surface area contributed by atoms with Crippen molar-refractivity contribution in [3.63, 3.8) is 0 Å². The maximum atomic E-state index is 6.08. The molecule has 1 saturated heterocycles. The first kappa shape index (κ1) is 15.5. The number of nitrogens with zero attached hydrogens (tertiary/aromatic N) is 1. The summed E-state index contributed by atoms with van der Waals surface area (Å²) in [7, 11) is 0. The molecule has 3 atom stereocenters. The zero-order valence-electron chi connectivity index (χ0n) is 13.0. The lowest BCUT2D eigenvalue weighted by atomic mass is 9.83. The van der Waals surface area contributed by atoms with Crippen LogP contribution >= 0.6 is 15.9 Å². The van der Waals surface area contributed by atoms with Gasteiger partial charge in [0.25, 0.3) is 0 Å². The molecule has 21 heavy (non-hydrogen) atoms. The van der Waals surface area contributed by atoms with Gasteiger partial charge >= 0.3 is 0 Å². The second kappa shape index (κ2) is 6.80. The molecule has 0 bridgehead atoms. The zero-order chi connectivity index (χ0) is 14.8. The Morgan fingerprint density at radius 3 is 2.90 bits per heavy atom. The van der Waals surface area contributed by atoms with Gasteiger partial charge in [-0.2, -0.15) is 0 Å². The van der Waals surface area contributed by atoms with Gasteiger partial charge in [-0.3, -0.25) is 4.90 Å². The minimum Gasteiger partial charge on any atom is -0.329 e. The van der Waals surface area contributed by atoms with Gasteiger partial charge < -0.3 is 5.73 Å². The van der Waals surface area contributed by atoms with E-state index in [-0.39, 0.29) is 0 Å². The SMILES string of the molecule is CCC1CCN(C2CCc3cc(Br)ccc3C2)C(CN)C1. The van der Waals surface area contributed by atoms with Crippen molar-refractivity contribution in [1.82, 2.24) is 4.90 Å². The highest BCUT2D eigenvalue weighted by Gasteiger charge is 2.33. The zero-order valence-corrected chi connectivity index (χ0v) is 14.6. The Balaban J connectivity index is 1.71. The highest BCUT2D eigenvalue weighted by atomic mass is 79.9. The molecular formula is C18H27BrN2. The first-order chi connectivity index (χ1) is 10.2. The Hall–Kier alpha value is -0.380. The molecule has 1 aromatic rings. The van der Waals surface area contributed by atoms with Crippen molar-refractivity contribution in [2.75, 3.05) is 13.1 Å². The van der Waals surface area contributed by atoms with Gasteiger partial charge in [0, 0.05) is 23.1 Å². The molecule has 0 spiro atoms. The van der Waals surface area contributed by atoms with Crippen LogP contribution in [0.1, 0.15) is 43.7 Å². The Morgan fingerprint density at radius 2 is 2.14 bits per heavy atom. The van der Waals surface area contributed by atoms with E-state index < -0.39 is 0 Å². The van der Waals surface area contributed by atoms with Crippen molar-refractivity contribution < 1.29 is 0 Å². The van der Waals surface area contributed by atoms with Gasteiger partial charge in [0.05, 0.1) is 0 Å². The molecule has 1 fully saturated rings. The summed E-state index contributed by atoms with van der Waals surface area (Å²) in [5.41, 5.74) is 9.16. The topological polar surface area (TPSA) is 29.3 Å². The average Bonchev–Trinajstić information content (AvgIpc) is 2.53. The predicted octanol–water partition coefficient (Wildman–Crippen LogP) is 3.76. The van der Waals surface area contributed by atoms with Gasteiger partial charge in [-0.25, -0.2) is 0 Å². The lowest BCUT2D eigenvalue weighted by molar-refractivity contribution is 0.0636. The van der Waals surface area contributed by atoms with Gasteiger partial charge in [0.15, 0.2) is 0 Å². The van der Waals surface area contributed by atoms with Crippen molar-refractivity contribution in [2.24, 2.45) is 11.7 Å². The predicted molar refractivity (Wildman–Crippen MR) is 92.5 cm³/mol. The lowest BCUT2D eigenvalue weighted by Crippen LogP contribution is -2.52. The summed E-state index contributed by atoms with van der Waals surface area (Å²) in [6, 6.07) is 8.10. The molecule has 3 rings (SSSR count). The monoisotopic (exact) mass is 350 g/mol. The van der Waals surface area contributed by atoms with E-state index >= 15 is 0 Å². The summed E-state index contributed by atoms with van der Waals surface area (Å²) in [5.74, 6) is 0.890. The summed E-state index contributed by atoms with van der Waals surface area (Å²) in [5, 5.41) is 0. The quantitative estimate of drug-likeness (QED) is 0.899. The van der Waals surface area contributed by atoms with E-state index in [0.717, 1.165) is 12.5 Å². The van der Waals surface area contributed by atoms with Crippen molar-refractivity contribution in [3.05, 3.63) is 33.8 Å². The molecule has 3 heteroatoms. The maximum absolute atomic E-state index is 6.08. The number of hydrogen-bond donors (Lipinski definition) is 1. The molecule has 0 radical (unpaired) electrons. The van der Waals surface area contributed by atoms with Crippen LogP contribution in [0.4, 0.5) is 0 Å². The standard InChI is InChI=1S/C18H27BrN2/c1-2-13-7-8-21(18(9-13)12-20)17-6-4-14-10-16(19)5-3-15(14)11-17/h3,5,10,13,17-18H,2,4,6-9,11-12,20H2,1H3. The van der Waals surface area contributed by atoms with E-state index in [1.165, 1.54) is 55.1 Å². The van der Waals surface area contributed by atoms with Gasteiger partial charge in [-0.15, -0.1) is 0 Å². The van der Waals surface area contributed by atoms with E-state index in [4.69, 9.17) is 5.73 Å². The van der Waals surface area contributed by atoms with Crippen LogP contribution in [-0.4, -0.2) is 30.1 Å². The second-order valence-electron chi connectivity index (χ2n) is 6.74. The lowest BCUT2D eigenvalue weighted by Gasteiger charge is -2.45. The molecule has 1 aliphatic heterocycles. The molecule has 1 aromatic carbocycles. The molecule has 2 aliphatic rings. The van der Waals surface area contributed by atoms with Crippen LogP contribution in [0.2, 0.25) is 0 Å². The number of halogens is 1. The third kappa shape index (κ3) is 3.35. The number of likely N-dealkylation sites (tertiary alicyclic amines) is 1. The molecule has 1 heterocycles. The van der Waals surface area contributed by atoms with Gasteiger partial charge in [-0.1, -0.05) is 35.3 Å². The molecule has 116 valence electrons.